The molecular formula is C19H42BrN+2. The van der Waals surface area contributed by atoms with Gasteiger partial charge in [-0.3, -0.25) is 0 Å². The first kappa shape index (κ1) is 23.7. The zero-order valence-electron chi connectivity index (χ0n) is 15.4. The molecule has 2 heteroatoms. The molecule has 0 fully saturated rings. The third-order valence-electron chi connectivity index (χ3n) is 4.18. The van der Waals surface area contributed by atoms with E-state index in [1.807, 2.05) is 0 Å². The summed E-state index contributed by atoms with van der Waals surface area (Å²) < 4.78 is 1.12. The van der Waals surface area contributed by atoms with Gasteiger partial charge in [-0.15, -0.1) is 0 Å². The summed E-state index contributed by atoms with van der Waals surface area (Å²) in [6, 6.07) is 0. The van der Waals surface area contributed by atoms with Gasteiger partial charge in [0.1, 0.15) is 0 Å². The second-order valence-corrected chi connectivity index (χ2v) is 7.61. The van der Waals surface area contributed by atoms with E-state index in [0.717, 1.165) is 4.48 Å². The van der Waals surface area contributed by atoms with Crippen molar-refractivity contribution >= 4 is 0 Å². The standard InChI is InChI=1S/C19H42N.Br/c1-5-6-7-8-9-10-11-12-13-14-15-16-17-18-19-20(2,3)4;/h5-19H2,1-4H3;/q2*+1. The van der Waals surface area contributed by atoms with Crippen LogP contribution in [0.5, 0.6) is 0 Å². The molecule has 0 bridgehead atoms. The highest BCUT2D eigenvalue weighted by atomic mass is 79.9. The molecule has 21 heavy (non-hydrogen) atoms. The van der Waals surface area contributed by atoms with Crippen LogP contribution in [0.2, 0.25) is 0 Å². The Morgan fingerprint density at radius 1 is 0.476 bits per heavy atom. The summed E-state index contributed by atoms with van der Waals surface area (Å²) in [6.45, 7) is 3.63. The van der Waals surface area contributed by atoms with Crippen LogP contribution in [0.15, 0.2) is 0 Å². The van der Waals surface area contributed by atoms with Crippen LogP contribution in [-0.2, 0) is 0 Å². The molecule has 0 aliphatic rings. The maximum atomic E-state index is 2.29. The quantitative estimate of drug-likeness (QED) is 0.241. The van der Waals surface area contributed by atoms with Gasteiger partial charge in [0, 0.05) is 0 Å². The lowest BCUT2D eigenvalue weighted by molar-refractivity contribution is -0.870. The molecular weight excluding hydrogens is 322 g/mol. The van der Waals surface area contributed by atoms with E-state index in [9.17, 15) is 0 Å². The van der Waals surface area contributed by atoms with Crippen LogP contribution >= 0.6 is 0 Å². The fourth-order valence-corrected chi connectivity index (χ4v) is 2.78. The van der Waals surface area contributed by atoms with E-state index in [1.165, 1.54) is 96.4 Å². The van der Waals surface area contributed by atoms with Crippen LogP contribution in [0.25, 0.3) is 0 Å². The van der Waals surface area contributed by atoms with Crippen molar-refractivity contribution in [2.45, 2.75) is 96.8 Å². The first-order chi connectivity index (χ1) is 9.56. The monoisotopic (exact) mass is 363 g/mol. The van der Waals surface area contributed by atoms with Gasteiger partial charge in [-0.05, 0) is 12.8 Å². The molecule has 0 saturated carbocycles. The number of quaternary nitrogens is 1. The average Bonchev–Trinajstić information content (AvgIpc) is 2.38. The van der Waals surface area contributed by atoms with Crippen molar-refractivity contribution in [1.82, 2.24) is 0 Å². The lowest BCUT2D eigenvalue weighted by atomic mass is 10.0. The largest absolute Gasteiger partial charge is 1.00 e. The van der Waals surface area contributed by atoms with Crippen molar-refractivity contribution in [1.29, 1.82) is 0 Å². The SMILES string of the molecule is CCCCCCCCCCCCCCCC[N+](C)(C)C.[Br+]. The number of rotatable bonds is 15. The van der Waals surface area contributed by atoms with Gasteiger partial charge in [-0.2, -0.15) is 0 Å². The Morgan fingerprint density at radius 2 is 0.762 bits per heavy atom. The maximum absolute atomic E-state index is 2.29. The Labute approximate surface area is 146 Å². The maximum Gasteiger partial charge on any atom is 1.00 e. The van der Waals surface area contributed by atoms with E-state index in [0.29, 0.717) is 0 Å². The summed E-state index contributed by atoms with van der Waals surface area (Å²) in [4.78, 5) is 0. The molecule has 0 aromatic rings. The van der Waals surface area contributed by atoms with Gasteiger partial charge in [-0.25, -0.2) is 0 Å². The van der Waals surface area contributed by atoms with E-state index in [2.05, 4.69) is 28.1 Å². The van der Waals surface area contributed by atoms with E-state index < -0.39 is 0 Å². The summed E-state index contributed by atoms with van der Waals surface area (Å²) in [5, 5.41) is 0. The van der Waals surface area contributed by atoms with E-state index in [4.69, 9.17) is 0 Å². The summed E-state index contributed by atoms with van der Waals surface area (Å²) in [5.74, 6) is 0. The molecule has 128 valence electrons. The number of nitrogens with zero attached hydrogens (tertiary/aromatic N) is 1. The number of hydrogen-bond donors (Lipinski definition) is 0. The molecule has 0 atom stereocenters. The van der Waals surface area contributed by atoms with E-state index in [1.54, 1.807) is 0 Å². The molecule has 0 rings (SSSR count). The molecule has 0 aliphatic carbocycles. The van der Waals surface area contributed by atoms with Gasteiger partial charge in [0.05, 0.1) is 27.7 Å². The molecule has 0 unspecified atom stereocenters. The van der Waals surface area contributed by atoms with Crippen LogP contribution in [0.3, 0.4) is 0 Å². The Bertz CT molecular complexity index is 186. The van der Waals surface area contributed by atoms with Gasteiger partial charge < -0.3 is 4.48 Å². The molecule has 0 aliphatic heterocycles. The van der Waals surface area contributed by atoms with Crippen molar-refractivity contribution in [3.05, 3.63) is 0 Å². The van der Waals surface area contributed by atoms with Crippen molar-refractivity contribution in [3.63, 3.8) is 0 Å². The Hall–Kier alpha value is 0.440. The topological polar surface area (TPSA) is 0 Å². The molecule has 0 aromatic carbocycles. The molecule has 0 amide bonds. The van der Waals surface area contributed by atoms with Crippen molar-refractivity contribution < 1.29 is 21.5 Å². The summed E-state index contributed by atoms with van der Waals surface area (Å²) >= 11 is 0. The predicted octanol–water partition coefficient (Wildman–Crippen LogP) is 6.17. The Balaban J connectivity index is 0. The van der Waals surface area contributed by atoms with Crippen molar-refractivity contribution in [2.24, 2.45) is 0 Å². The fraction of sp³-hybridized carbons (Fsp3) is 1.00. The highest BCUT2D eigenvalue weighted by molar-refractivity contribution is 4.49. The number of hydrogen-bond acceptors (Lipinski definition) is 0. The fourth-order valence-electron chi connectivity index (χ4n) is 2.78. The average molecular weight is 364 g/mol. The normalized spacial score (nSPS) is 11.4. The zero-order chi connectivity index (χ0) is 15.1. The van der Waals surface area contributed by atoms with E-state index >= 15 is 0 Å². The molecule has 0 spiro atoms. The van der Waals surface area contributed by atoms with Gasteiger partial charge in [0.2, 0.25) is 0 Å². The Morgan fingerprint density at radius 3 is 1.05 bits per heavy atom. The minimum absolute atomic E-state index is 0. The van der Waals surface area contributed by atoms with Gasteiger partial charge in [0.25, 0.3) is 0 Å². The summed E-state index contributed by atoms with van der Waals surface area (Å²) in [5.41, 5.74) is 0. The van der Waals surface area contributed by atoms with Crippen LogP contribution in [0.1, 0.15) is 96.8 Å². The predicted molar refractivity (Wildman–Crippen MR) is 93.2 cm³/mol. The van der Waals surface area contributed by atoms with Crippen LogP contribution in [0, 0.1) is 17.0 Å². The third kappa shape index (κ3) is 22.9. The molecule has 1 nitrogen and oxygen atoms in total. The Kier molecular flexibility index (Phi) is 19.0. The zero-order valence-corrected chi connectivity index (χ0v) is 17.0. The van der Waals surface area contributed by atoms with E-state index in [-0.39, 0.29) is 17.0 Å². The molecule has 0 aromatic heterocycles. The van der Waals surface area contributed by atoms with Crippen LogP contribution in [0.4, 0.5) is 0 Å². The smallest absolute Gasteiger partial charge is 0.331 e. The number of unbranched alkanes of at least 4 members (excludes halogenated alkanes) is 13. The molecule has 0 heterocycles. The lowest BCUT2D eigenvalue weighted by Gasteiger charge is -2.23. The second kappa shape index (κ2) is 16.8. The van der Waals surface area contributed by atoms with Crippen LogP contribution < -0.4 is 0 Å². The summed E-state index contributed by atoms with van der Waals surface area (Å²) in [7, 11) is 6.88. The lowest BCUT2D eigenvalue weighted by Crippen LogP contribution is -2.35. The first-order valence-corrected chi connectivity index (χ1v) is 9.36. The minimum Gasteiger partial charge on any atom is -0.331 e. The number of halogens is 1. The van der Waals surface area contributed by atoms with Crippen molar-refractivity contribution in [2.75, 3.05) is 27.7 Å². The molecule has 0 N–H and O–H groups in total. The van der Waals surface area contributed by atoms with Gasteiger partial charge in [-0.1, -0.05) is 84.0 Å². The van der Waals surface area contributed by atoms with Crippen LogP contribution in [-0.4, -0.2) is 32.2 Å². The highest BCUT2D eigenvalue weighted by Gasteiger charge is 2.04. The minimum atomic E-state index is 0. The highest BCUT2D eigenvalue weighted by Crippen LogP contribution is 2.13. The summed E-state index contributed by atoms with van der Waals surface area (Å²) in [6.07, 6.45) is 20.4. The first-order valence-electron chi connectivity index (χ1n) is 9.36. The van der Waals surface area contributed by atoms with Gasteiger partial charge in [0.15, 0.2) is 0 Å². The second-order valence-electron chi connectivity index (χ2n) is 7.61. The van der Waals surface area contributed by atoms with Crippen molar-refractivity contribution in [3.8, 4) is 0 Å². The van der Waals surface area contributed by atoms with Gasteiger partial charge >= 0.3 is 17.0 Å². The third-order valence-corrected chi connectivity index (χ3v) is 4.18. The molecule has 2 radical (unpaired) electrons. The molecule has 0 saturated heterocycles.